The van der Waals surface area contributed by atoms with Crippen molar-refractivity contribution in [3.8, 4) is 0 Å². The minimum absolute atomic E-state index is 0.560. The zero-order valence-electron chi connectivity index (χ0n) is 12.5. The van der Waals surface area contributed by atoms with Crippen LogP contribution < -0.4 is 0 Å². The van der Waals surface area contributed by atoms with E-state index >= 15 is 0 Å². The highest BCUT2D eigenvalue weighted by Crippen LogP contribution is 2.34. The summed E-state index contributed by atoms with van der Waals surface area (Å²) < 4.78 is 5.57. The average molecular weight is 269 g/mol. The molecule has 2 nitrogen and oxygen atoms in total. The van der Waals surface area contributed by atoms with Crippen molar-refractivity contribution in [2.75, 3.05) is 0 Å². The molecule has 1 aliphatic rings. The fraction of sp³-hybridized carbons (Fsp3) is 0.389. The Labute approximate surface area is 121 Å². The van der Waals surface area contributed by atoms with E-state index in [1.807, 2.05) is 20.0 Å². The fourth-order valence-electron chi connectivity index (χ4n) is 2.62. The predicted molar refractivity (Wildman–Crippen MR) is 84.1 cm³/mol. The van der Waals surface area contributed by atoms with Crippen LogP contribution in [0.25, 0.3) is 5.57 Å². The first-order valence-electron chi connectivity index (χ1n) is 7.25. The van der Waals surface area contributed by atoms with Crippen molar-refractivity contribution in [2.45, 2.75) is 45.4 Å². The molecule has 0 aliphatic heterocycles. The molecule has 2 heteroatoms. The van der Waals surface area contributed by atoms with E-state index in [9.17, 15) is 0 Å². The monoisotopic (exact) mass is 269 g/mol. The summed E-state index contributed by atoms with van der Waals surface area (Å²) in [4.78, 5) is 4.58. The zero-order chi connectivity index (χ0) is 14.5. The smallest absolute Gasteiger partial charge is 0.119 e. The number of hydrogen-bond donors (Lipinski definition) is 0. The molecule has 1 aromatic heterocycles. The van der Waals surface area contributed by atoms with E-state index in [1.54, 1.807) is 6.08 Å². The molecule has 2 rings (SSSR count). The van der Waals surface area contributed by atoms with Gasteiger partial charge in [-0.1, -0.05) is 32.1 Å². The Hall–Kier alpha value is -1.83. The third-order valence-corrected chi connectivity index (χ3v) is 4.04. The van der Waals surface area contributed by atoms with Gasteiger partial charge in [0, 0.05) is 11.8 Å². The molecule has 0 aromatic carbocycles. The first-order valence-corrected chi connectivity index (χ1v) is 7.25. The Kier molecular flexibility index (Phi) is 4.78. The van der Waals surface area contributed by atoms with Crippen LogP contribution in [0, 0.1) is 0 Å². The van der Waals surface area contributed by atoms with Crippen molar-refractivity contribution in [2.24, 2.45) is 0 Å². The zero-order valence-corrected chi connectivity index (χ0v) is 12.5. The molecule has 0 spiro atoms. The van der Waals surface area contributed by atoms with Crippen molar-refractivity contribution in [1.29, 1.82) is 0 Å². The lowest BCUT2D eigenvalue weighted by Gasteiger charge is -2.12. The van der Waals surface area contributed by atoms with Gasteiger partial charge >= 0.3 is 0 Å². The summed E-state index contributed by atoms with van der Waals surface area (Å²) in [5, 5.41) is 0. The molecule has 0 amide bonds. The van der Waals surface area contributed by atoms with Crippen molar-refractivity contribution in [3.05, 3.63) is 60.3 Å². The Bertz CT molecular complexity index is 519. The summed E-state index contributed by atoms with van der Waals surface area (Å²) in [6, 6.07) is 4.30. The number of allylic oxidation sites excluding steroid dienone is 3. The van der Waals surface area contributed by atoms with E-state index in [1.165, 1.54) is 31.2 Å². The molecule has 0 bridgehead atoms. The molecule has 0 saturated heterocycles. The molecule has 0 unspecified atom stereocenters. The Morgan fingerprint density at radius 1 is 1.30 bits per heavy atom. The van der Waals surface area contributed by atoms with Gasteiger partial charge < -0.3 is 4.74 Å². The van der Waals surface area contributed by atoms with Crippen LogP contribution in [0.15, 0.2) is 49.1 Å². The van der Waals surface area contributed by atoms with Crippen molar-refractivity contribution in [3.63, 3.8) is 0 Å². The van der Waals surface area contributed by atoms with Crippen LogP contribution in [0.1, 0.15) is 56.7 Å². The number of rotatable bonds is 5. The average Bonchev–Trinajstić information content (AvgIpc) is 3.00. The van der Waals surface area contributed by atoms with E-state index < -0.39 is 0 Å². The van der Waals surface area contributed by atoms with Crippen molar-refractivity contribution >= 4 is 5.57 Å². The molecule has 0 radical (unpaired) electrons. The van der Waals surface area contributed by atoms with Gasteiger partial charge in [-0.3, -0.25) is 4.98 Å². The van der Waals surface area contributed by atoms with Gasteiger partial charge in [0.1, 0.15) is 11.5 Å². The SMILES string of the molecule is C=CC(=C)O/C(C)=C(/C)c1ccc(C2CCCC2)cn1. The summed E-state index contributed by atoms with van der Waals surface area (Å²) in [6.45, 7) is 11.3. The molecule has 0 atom stereocenters. The maximum atomic E-state index is 5.57. The molecular weight excluding hydrogens is 246 g/mol. The number of ether oxygens (including phenoxy) is 1. The van der Waals surface area contributed by atoms with Gasteiger partial charge in [0.25, 0.3) is 0 Å². The highest BCUT2D eigenvalue weighted by atomic mass is 16.5. The van der Waals surface area contributed by atoms with Gasteiger partial charge in [-0.15, -0.1) is 0 Å². The van der Waals surface area contributed by atoms with E-state index in [0.717, 1.165) is 17.0 Å². The molecule has 0 N–H and O–H groups in total. The first kappa shape index (κ1) is 14.6. The summed E-state index contributed by atoms with van der Waals surface area (Å²) in [5.41, 5.74) is 3.36. The second-order valence-electron chi connectivity index (χ2n) is 5.41. The second-order valence-corrected chi connectivity index (χ2v) is 5.41. The summed E-state index contributed by atoms with van der Waals surface area (Å²) in [5.74, 6) is 2.08. The highest BCUT2D eigenvalue weighted by molar-refractivity contribution is 5.62. The van der Waals surface area contributed by atoms with E-state index in [-0.39, 0.29) is 0 Å². The molecule has 106 valence electrons. The Morgan fingerprint density at radius 3 is 2.55 bits per heavy atom. The number of nitrogens with zero attached hydrogens (tertiary/aromatic N) is 1. The summed E-state index contributed by atoms with van der Waals surface area (Å²) in [7, 11) is 0. The van der Waals surface area contributed by atoms with Crippen LogP contribution in [-0.4, -0.2) is 4.98 Å². The van der Waals surface area contributed by atoms with E-state index in [0.29, 0.717) is 11.7 Å². The van der Waals surface area contributed by atoms with Gasteiger partial charge in [-0.25, -0.2) is 0 Å². The normalized spacial score (nSPS) is 16.7. The maximum Gasteiger partial charge on any atom is 0.119 e. The van der Waals surface area contributed by atoms with E-state index in [4.69, 9.17) is 4.74 Å². The minimum atomic E-state index is 0.560. The quantitative estimate of drug-likeness (QED) is 0.541. The van der Waals surface area contributed by atoms with Gasteiger partial charge in [-0.05, 0) is 50.3 Å². The standard InChI is InChI=1S/C18H23NO/c1-5-13(2)20-15(4)14(3)18-11-10-17(12-19-18)16-8-6-7-9-16/h5,10-12,16H,1-2,6-9H2,3-4H3/b15-14-. The van der Waals surface area contributed by atoms with Gasteiger partial charge in [0.2, 0.25) is 0 Å². The molecule has 1 heterocycles. The predicted octanol–water partition coefficient (Wildman–Crippen LogP) is 5.21. The van der Waals surface area contributed by atoms with Gasteiger partial charge in [0.05, 0.1) is 5.69 Å². The maximum absolute atomic E-state index is 5.57. The van der Waals surface area contributed by atoms with Crippen LogP contribution in [0.5, 0.6) is 0 Å². The largest absolute Gasteiger partial charge is 0.462 e. The highest BCUT2D eigenvalue weighted by Gasteiger charge is 2.17. The first-order chi connectivity index (χ1) is 9.61. The lowest BCUT2D eigenvalue weighted by Crippen LogP contribution is -1.97. The third-order valence-electron chi connectivity index (χ3n) is 4.04. The molecule has 1 fully saturated rings. The molecular formula is C18H23NO. The number of pyridine rings is 1. The summed E-state index contributed by atoms with van der Waals surface area (Å²) in [6.07, 6.45) is 8.93. The molecule has 1 aliphatic carbocycles. The second kappa shape index (κ2) is 6.56. The lowest BCUT2D eigenvalue weighted by atomic mass is 9.99. The molecule has 1 aromatic rings. The lowest BCUT2D eigenvalue weighted by molar-refractivity contribution is 0.326. The van der Waals surface area contributed by atoms with Crippen LogP contribution in [0.3, 0.4) is 0 Å². The third kappa shape index (κ3) is 3.38. The van der Waals surface area contributed by atoms with Crippen molar-refractivity contribution < 1.29 is 4.74 Å². The fourth-order valence-corrected chi connectivity index (χ4v) is 2.62. The van der Waals surface area contributed by atoms with Gasteiger partial charge in [0.15, 0.2) is 0 Å². The van der Waals surface area contributed by atoms with Gasteiger partial charge in [-0.2, -0.15) is 0 Å². The van der Waals surface area contributed by atoms with Crippen LogP contribution in [0.4, 0.5) is 0 Å². The van der Waals surface area contributed by atoms with Crippen LogP contribution in [-0.2, 0) is 4.74 Å². The minimum Gasteiger partial charge on any atom is -0.462 e. The Morgan fingerprint density at radius 2 is 2.00 bits per heavy atom. The number of aromatic nitrogens is 1. The molecule has 20 heavy (non-hydrogen) atoms. The van der Waals surface area contributed by atoms with E-state index in [2.05, 4.69) is 30.3 Å². The summed E-state index contributed by atoms with van der Waals surface area (Å²) >= 11 is 0. The number of hydrogen-bond acceptors (Lipinski definition) is 2. The van der Waals surface area contributed by atoms with Crippen LogP contribution in [0.2, 0.25) is 0 Å². The van der Waals surface area contributed by atoms with Crippen molar-refractivity contribution in [1.82, 2.24) is 4.98 Å². The molecule has 1 saturated carbocycles. The Balaban J connectivity index is 2.14. The topological polar surface area (TPSA) is 22.1 Å². The van der Waals surface area contributed by atoms with Crippen LogP contribution >= 0.6 is 0 Å².